The summed E-state index contributed by atoms with van der Waals surface area (Å²) in [6.45, 7) is 3.68. The van der Waals surface area contributed by atoms with Gasteiger partial charge in [-0.15, -0.1) is 0 Å². The summed E-state index contributed by atoms with van der Waals surface area (Å²) in [7, 11) is 0. The van der Waals surface area contributed by atoms with Gasteiger partial charge in [0.2, 0.25) is 0 Å². The Kier molecular flexibility index (Phi) is 5.80. The summed E-state index contributed by atoms with van der Waals surface area (Å²) in [4.78, 5) is 28.6. The molecule has 2 atom stereocenters. The third-order valence-corrected chi connectivity index (χ3v) is 4.87. The van der Waals surface area contributed by atoms with E-state index in [-0.39, 0.29) is 11.8 Å². The molecule has 10 nitrogen and oxygen atoms in total. The second-order valence-corrected chi connectivity index (χ2v) is 6.99. The summed E-state index contributed by atoms with van der Waals surface area (Å²) < 4.78 is 7.44. The Labute approximate surface area is 161 Å². The lowest BCUT2D eigenvalue weighted by molar-refractivity contribution is -0.145. The van der Waals surface area contributed by atoms with E-state index < -0.39 is 24.0 Å². The Morgan fingerprint density at radius 1 is 1.39 bits per heavy atom. The first-order chi connectivity index (χ1) is 13.4. The minimum Gasteiger partial charge on any atom is -0.479 e. The largest absolute Gasteiger partial charge is 0.479 e. The van der Waals surface area contributed by atoms with Crippen LogP contribution in [-0.4, -0.2) is 61.8 Å². The molecule has 2 aromatic heterocycles. The number of aliphatic carboxylic acids is 1. The van der Waals surface area contributed by atoms with Gasteiger partial charge in [-0.3, -0.25) is 4.79 Å². The zero-order valence-electron chi connectivity index (χ0n) is 15.9. The molecular weight excluding hydrogens is 366 g/mol. The van der Waals surface area contributed by atoms with E-state index in [9.17, 15) is 19.8 Å². The number of aliphatic hydroxyl groups is 1. The lowest BCUT2D eigenvalue weighted by atomic mass is 10.0. The van der Waals surface area contributed by atoms with Crippen LogP contribution < -0.4 is 10.6 Å². The Morgan fingerprint density at radius 3 is 2.79 bits per heavy atom. The molecule has 0 aromatic carbocycles. The maximum absolute atomic E-state index is 12.9. The van der Waals surface area contributed by atoms with Crippen LogP contribution in [-0.2, 0) is 16.1 Å². The summed E-state index contributed by atoms with van der Waals surface area (Å²) in [5, 5.41) is 29.3. The first-order valence-corrected chi connectivity index (χ1v) is 9.29. The fraction of sp³-hybridized carbons (Fsp3) is 0.556. The Morgan fingerprint density at radius 2 is 2.18 bits per heavy atom. The van der Waals surface area contributed by atoms with Gasteiger partial charge in [-0.05, 0) is 33.1 Å². The minimum absolute atomic E-state index is 0.165. The highest BCUT2D eigenvalue weighted by molar-refractivity contribution is 6.07. The van der Waals surface area contributed by atoms with Crippen molar-refractivity contribution >= 4 is 28.6 Å². The van der Waals surface area contributed by atoms with Crippen LogP contribution in [0, 0.1) is 0 Å². The molecule has 1 amide bonds. The van der Waals surface area contributed by atoms with Gasteiger partial charge >= 0.3 is 5.97 Å². The number of amides is 1. The van der Waals surface area contributed by atoms with Crippen LogP contribution in [0.3, 0.4) is 0 Å². The van der Waals surface area contributed by atoms with Gasteiger partial charge in [-0.1, -0.05) is 0 Å². The molecule has 2 aromatic rings. The van der Waals surface area contributed by atoms with E-state index in [0.29, 0.717) is 29.9 Å². The summed E-state index contributed by atoms with van der Waals surface area (Å²) in [6.07, 6.45) is 5.52. The van der Waals surface area contributed by atoms with E-state index >= 15 is 0 Å². The minimum atomic E-state index is -1.81. The number of nitrogens with zero attached hydrogens (tertiary/aromatic N) is 3. The van der Waals surface area contributed by atoms with Crippen LogP contribution >= 0.6 is 0 Å². The number of carbonyl (C=O) groups is 2. The first kappa shape index (κ1) is 20.0. The lowest BCUT2D eigenvalue weighted by Gasteiger charge is -2.27. The average molecular weight is 391 g/mol. The highest BCUT2D eigenvalue weighted by Crippen LogP contribution is 2.29. The van der Waals surface area contributed by atoms with Crippen LogP contribution in [0.2, 0.25) is 0 Å². The van der Waals surface area contributed by atoms with Crippen LogP contribution in [0.15, 0.2) is 12.4 Å². The van der Waals surface area contributed by atoms with Gasteiger partial charge in [-0.2, -0.15) is 5.10 Å². The number of anilines is 1. The Bertz CT molecular complexity index is 877. The fourth-order valence-electron chi connectivity index (χ4n) is 3.08. The third kappa shape index (κ3) is 3.78. The monoisotopic (exact) mass is 391 g/mol. The van der Waals surface area contributed by atoms with Gasteiger partial charge in [0.1, 0.15) is 6.23 Å². The fourth-order valence-corrected chi connectivity index (χ4v) is 3.08. The van der Waals surface area contributed by atoms with Crippen molar-refractivity contribution in [1.29, 1.82) is 0 Å². The van der Waals surface area contributed by atoms with E-state index in [1.54, 1.807) is 10.9 Å². The summed E-state index contributed by atoms with van der Waals surface area (Å²) >= 11 is 0. The van der Waals surface area contributed by atoms with E-state index in [1.807, 2.05) is 6.92 Å². The van der Waals surface area contributed by atoms with E-state index in [0.717, 1.165) is 19.3 Å². The zero-order chi connectivity index (χ0) is 20.3. The summed E-state index contributed by atoms with van der Waals surface area (Å²) in [5.74, 6) is -1.99. The molecule has 3 heterocycles. The predicted octanol–water partition coefficient (Wildman–Crippen LogP) is 0.955. The number of pyridine rings is 1. The highest BCUT2D eigenvalue weighted by atomic mass is 16.5. The Hall–Kier alpha value is -2.72. The van der Waals surface area contributed by atoms with Crippen LogP contribution in [0.5, 0.6) is 0 Å². The van der Waals surface area contributed by atoms with E-state index in [2.05, 4.69) is 20.7 Å². The molecule has 0 saturated carbocycles. The standard InChI is InChI=1S/C18H25N5O5/c1-3-23-15-11(9-20-23)14(21-13-6-4-5-7-28-13)12(8-19-15)16(25)22-18(2,10-24)17(26)27/h8-9,13,24H,3-7,10H2,1-2H3,(H,19,21)(H,22,25)(H,26,27)/t13?,18-/m0/s1. The van der Waals surface area contributed by atoms with Crippen molar-refractivity contribution in [1.82, 2.24) is 20.1 Å². The van der Waals surface area contributed by atoms with Gasteiger partial charge in [0, 0.05) is 19.3 Å². The molecule has 0 radical (unpaired) electrons. The SMILES string of the molecule is CCn1ncc2c(NC3CCCCO3)c(C(=O)N[C@@](C)(CO)C(=O)O)cnc21. The van der Waals surface area contributed by atoms with Crippen molar-refractivity contribution in [3.05, 3.63) is 18.0 Å². The van der Waals surface area contributed by atoms with Crippen molar-refractivity contribution in [2.24, 2.45) is 0 Å². The maximum atomic E-state index is 12.9. The van der Waals surface area contributed by atoms with Crippen LogP contribution in [0.25, 0.3) is 11.0 Å². The van der Waals surface area contributed by atoms with Crippen molar-refractivity contribution in [3.8, 4) is 0 Å². The van der Waals surface area contributed by atoms with Gasteiger partial charge in [0.05, 0.1) is 29.4 Å². The number of fused-ring (bicyclic) bond motifs is 1. The quantitative estimate of drug-likeness (QED) is 0.547. The van der Waals surface area contributed by atoms with Crippen LogP contribution in [0.4, 0.5) is 5.69 Å². The smallest absolute Gasteiger partial charge is 0.331 e. The second-order valence-electron chi connectivity index (χ2n) is 6.99. The molecule has 1 saturated heterocycles. The van der Waals surface area contributed by atoms with Crippen molar-refractivity contribution in [2.45, 2.75) is 51.4 Å². The topological polar surface area (TPSA) is 139 Å². The molecule has 1 aliphatic rings. The molecule has 28 heavy (non-hydrogen) atoms. The zero-order valence-corrected chi connectivity index (χ0v) is 15.9. The number of ether oxygens (including phenoxy) is 1. The molecule has 152 valence electrons. The second kappa shape index (κ2) is 8.11. The normalized spacial score (nSPS) is 19.2. The third-order valence-electron chi connectivity index (χ3n) is 4.87. The maximum Gasteiger partial charge on any atom is 0.331 e. The number of aliphatic hydroxyl groups excluding tert-OH is 1. The van der Waals surface area contributed by atoms with Gasteiger partial charge in [-0.25, -0.2) is 14.5 Å². The molecule has 0 spiro atoms. The number of carboxylic acid groups (broad SMARTS) is 1. The predicted molar refractivity (Wildman–Crippen MR) is 101 cm³/mol. The van der Waals surface area contributed by atoms with Crippen molar-refractivity contribution in [2.75, 3.05) is 18.5 Å². The number of carbonyl (C=O) groups excluding carboxylic acids is 1. The van der Waals surface area contributed by atoms with Gasteiger partial charge in [0.25, 0.3) is 5.91 Å². The molecule has 3 rings (SSSR count). The number of rotatable bonds is 7. The van der Waals surface area contributed by atoms with Crippen molar-refractivity contribution in [3.63, 3.8) is 0 Å². The highest BCUT2D eigenvalue weighted by Gasteiger charge is 2.35. The average Bonchev–Trinajstić information content (AvgIpc) is 3.12. The van der Waals surface area contributed by atoms with E-state index in [4.69, 9.17) is 4.74 Å². The number of aromatic nitrogens is 3. The first-order valence-electron chi connectivity index (χ1n) is 9.29. The van der Waals surface area contributed by atoms with Crippen molar-refractivity contribution < 1.29 is 24.5 Å². The molecule has 1 fully saturated rings. The number of hydrogen-bond donors (Lipinski definition) is 4. The molecule has 1 unspecified atom stereocenters. The number of nitrogens with one attached hydrogen (secondary N) is 2. The Balaban J connectivity index is 2.01. The molecule has 4 N–H and O–H groups in total. The number of aryl methyl sites for hydroxylation is 1. The number of hydrogen-bond acceptors (Lipinski definition) is 7. The van der Waals surface area contributed by atoms with Gasteiger partial charge in [0.15, 0.2) is 11.2 Å². The molecular formula is C18H25N5O5. The molecule has 10 heteroatoms. The van der Waals surface area contributed by atoms with E-state index in [1.165, 1.54) is 13.1 Å². The van der Waals surface area contributed by atoms with Gasteiger partial charge < -0.3 is 25.6 Å². The lowest BCUT2D eigenvalue weighted by Crippen LogP contribution is -2.55. The summed E-state index contributed by atoms with van der Waals surface area (Å²) in [5.41, 5.74) is -0.545. The van der Waals surface area contributed by atoms with Crippen LogP contribution in [0.1, 0.15) is 43.5 Å². The molecule has 0 bridgehead atoms. The number of carboxylic acids is 1. The summed E-state index contributed by atoms with van der Waals surface area (Å²) in [6, 6.07) is 0. The molecule has 1 aliphatic heterocycles. The molecule has 0 aliphatic carbocycles.